The smallest absolute Gasteiger partial charge is 0.234 e. The molecular weight excluding hydrogens is 388 g/mol. The predicted molar refractivity (Wildman–Crippen MR) is 96.5 cm³/mol. The van der Waals surface area contributed by atoms with Gasteiger partial charge in [0.2, 0.25) is 18.4 Å². The third-order valence-electron chi connectivity index (χ3n) is 3.93. The lowest BCUT2D eigenvalue weighted by atomic mass is 10.1. The van der Waals surface area contributed by atoms with E-state index in [0.717, 1.165) is 15.6 Å². The van der Waals surface area contributed by atoms with Gasteiger partial charge in [0.25, 0.3) is 0 Å². The zero-order valence-corrected chi connectivity index (χ0v) is 15.3. The Morgan fingerprint density at radius 3 is 2.76 bits per heavy atom. The molecule has 1 aliphatic rings. The first-order valence-corrected chi connectivity index (χ1v) is 8.66. The van der Waals surface area contributed by atoms with E-state index in [9.17, 15) is 4.79 Å². The molecule has 0 spiro atoms. The number of benzene rings is 2. The van der Waals surface area contributed by atoms with Crippen molar-refractivity contribution in [3.05, 3.63) is 52.0 Å². The number of hydrogen-bond donors (Lipinski definition) is 2. The topological polar surface area (TPSA) is 82.8 Å². The Labute approximate surface area is 154 Å². The van der Waals surface area contributed by atoms with Crippen LogP contribution in [0.3, 0.4) is 0 Å². The molecule has 0 aromatic heterocycles. The summed E-state index contributed by atoms with van der Waals surface area (Å²) < 4.78 is 18.0. The van der Waals surface area contributed by atoms with Crippen LogP contribution in [0, 0.1) is 0 Å². The molecule has 1 unspecified atom stereocenters. The van der Waals surface area contributed by atoms with Crippen molar-refractivity contribution in [1.29, 1.82) is 0 Å². The first-order chi connectivity index (χ1) is 12.1. The number of carbonyl (C=O) groups excluding carboxylic acids is 1. The molecule has 3 rings (SSSR count). The molecule has 25 heavy (non-hydrogen) atoms. The lowest BCUT2D eigenvalue weighted by molar-refractivity contribution is -0.119. The maximum atomic E-state index is 11.1. The molecule has 6 nitrogen and oxygen atoms in total. The maximum Gasteiger partial charge on any atom is 0.234 e. The summed E-state index contributed by atoms with van der Waals surface area (Å²) in [6.45, 7) is 2.71. The van der Waals surface area contributed by atoms with Gasteiger partial charge in [0.15, 0.2) is 11.5 Å². The maximum absolute atomic E-state index is 11.1. The Kier molecular flexibility index (Phi) is 5.45. The summed E-state index contributed by atoms with van der Waals surface area (Å²) in [4.78, 5) is 11.1. The number of nitrogens with one attached hydrogen (secondary N) is 1. The second-order valence-electron chi connectivity index (χ2n) is 5.67. The highest BCUT2D eigenvalue weighted by molar-refractivity contribution is 9.10. The van der Waals surface area contributed by atoms with E-state index in [2.05, 4.69) is 21.2 Å². The third-order valence-corrected chi connectivity index (χ3v) is 4.70. The molecule has 0 aliphatic carbocycles. The monoisotopic (exact) mass is 406 g/mol. The highest BCUT2D eigenvalue weighted by Crippen LogP contribution is 2.43. The molecule has 3 N–H and O–H groups in total. The van der Waals surface area contributed by atoms with Crippen molar-refractivity contribution in [1.82, 2.24) is 5.32 Å². The summed E-state index contributed by atoms with van der Waals surface area (Å²) >= 11 is 3.51. The third kappa shape index (κ3) is 4.05. The quantitative estimate of drug-likeness (QED) is 0.738. The summed E-state index contributed by atoms with van der Waals surface area (Å²) in [6, 6.07) is 11.2. The van der Waals surface area contributed by atoms with Crippen LogP contribution in [0.15, 0.2) is 40.9 Å². The number of nitrogens with two attached hydrogens (primary N) is 1. The van der Waals surface area contributed by atoms with Crippen molar-refractivity contribution in [3.63, 3.8) is 0 Å². The highest BCUT2D eigenvalue weighted by Gasteiger charge is 2.23. The van der Waals surface area contributed by atoms with Crippen LogP contribution in [0.2, 0.25) is 0 Å². The fraction of sp³-hybridized carbons (Fsp3) is 0.278. The molecule has 0 saturated heterocycles. The molecule has 0 saturated carbocycles. The molecule has 2 aromatic rings. The number of carbonyl (C=O) groups is 1. The second kappa shape index (κ2) is 7.76. The minimum Gasteiger partial charge on any atom is -0.485 e. The Morgan fingerprint density at radius 1 is 1.24 bits per heavy atom. The van der Waals surface area contributed by atoms with Crippen LogP contribution in [0.1, 0.15) is 18.1 Å². The number of halogens is 1. The Balaban J connectivity index is 1.73. The van der Waals surface area contributed by atoms with E-state index < -0.39 is 11.9 Å². The van der Waals surface area contributed by atoms with Gasteiger partial charge < -0.3 is 25.3 Å². The molecule has 1 atom stereocenters. The Bertz CT molecular complexity index is 782. The summed E-state index contributed by atoms with van der Waals surface area (Å²) in [7, 11) is 0. The minimum atomic E-state index is -0.427. The fourth-order valence-electron chi connectivity index (χ4n) is 2.42. The summed E-state index contributed by atoms with van der Waals surface area (Å²) in [5.74, 6) is 1.43. The van der Waals surface area contributed by atoms with E-state index in [0.29, 0.717) is 30.4 Å². The van der Waals surface area contributed by atoms with Gasteiger partial charge >= 0.3 is 0 Å². The fourth-order valence-corrected chi connectivity index (χ4v) is 2.81. The van der Waals surface area contributed by atoms with Gasteiger partial charge in [-0.25, -0.2) is 0 Å². The molecule has 0 radical (unpaired) electrons. The van der Waals surface area contributed by atoms with Gasteiger partial charge in [0.05, 0.1) is 6.04 Å². The van der Waals surface area contributed by atoms with Gasteiger partial charge in [-0.15, -0.1) is 0 Å². The zero-order valence-electron chi connectivity index (χ0n) is 13.8. The first-order valence-electron chi connectivity index (χ1n) is 7.86. The van der Waals surface area contributed by atoms with E-state index in [1.165, 1.54) is 0 Å². The highest BCUT2D eigenvalue weighted by atomic mass is 79.9. The number of fused-ring (bicyclic) bond motifs is 1. The van der Waals surface area contributed by atoms with Crippen LogP contribution in [-0.2, 0) is 17.9 Å². The number of hydrogen-bond acceptors (Lipinski definition) is 5. The first kappa shape index (κ1) is 17.6. The Hall–Kier alpha value is -2.25. The van der Waals surface area contributed by atoms with Crippen LogP contribution < -0.4 is 25.3 Å². The van der Waals surface area contributed by atoms with Gasteiger partial charge in [0, 0.05) is 22.1 Å². The average molecular weight is 407 g/mol. The number of amides is 1. The average Bonchev–Trinajstić information content (AvgIpc) is 3.09. The molecule has 1 heterocycles. The summed E-state index contributed by atoms with van der Waals surface area (Å²) in [5.41, 5.74) is 7.18. The molecule has 1 aliphatic heterocycles. The molecule has 2 aromatic carbocycles. The van der Waals surface area contributed by atoms with Crippen molar-refractivity contribution in [3.8, 4) is 17.2 Å². The molecular formula is C18H19BrN2O4. The number of ether oxygens (including phenoxy) is 3. The van der Waals surface area contributed by atoms with Crippen molar-refractivity contribution < 1.29 is 19.0 Å². The molecule has 132 valence electrons. The molecule has 0 fully saturated rings. The van der Waals surface area contributed by atoms with E-state index in [4.69, 9.17) is 19.9 Å². The van der Waals surface area contributed by atoms with Gasteiger partial charge in [0.1, 0.15) is 6.61 Å². The molecule has 1 amide bonds. The van der Waals surface area contributed by atoms with Crippen LogP contribution in [0.25, 0.3) is 0 Å². The lowest BCUT2D eigenvalue weighted by Gasteiger charge is -2.14. The standard InChI is InChI=1S/C18H19BrN2O4/c1-11(18(20)22)21-8-12-6-7-15(17-16(12)24-10-25-17)23-9-13-4-2-3-5-14(13)19/h2-7,11,21H,8-10H2,1H3,(H2,20,22). The predicted octanol–water partition coefficient (Wildman–Crippen LogP) is 2.72. The largest absolute Gasteiger partial charge is 0.485 e. The normalized spacial score (nSPS) is 13.5. The van der Waals surface area contributed by atoms with Crippen LogP contribution in [0.4, 0.5) is 0 Å². The van der Waals surface area contributed by atoms with Gasteiger partial charge in [-0.2, -0.15) is 0 Å². The van der Waals surface area contributed by atoms with Crippen LogP contribution in [-0.4, -0.2) is 18.7 Å². The summed E-state index contributed by atoms with van der Waals surface area (Å²) in [5, 5.41) is 3.06. The SMILES string of the molecule is CC(NCc1ccc(OCc2ccccc2Br)c2c1OCO2)C(N)=O. The summed E-state index contributed by atoms with van der Waals surface area (Å²) in [6.07, 6.45) is 0. The molecule has 7 heteroatoms. The lowest BCUT2D eigenvalue weighted by Crippen LogP contribution is -2.38. The van der Waals surface area contributed by atoms with Crippen molar-refractivity contribution in [2.75, 3.05) is 6.79 Å². The second-order valence-corrected chi connectivity index (χ2v) is 6.53. The van der Waals surface area contributed by atoms with Crippen LogP contribution >= 0.6 is 15.9 Å². The van der Waals surface area contributed by atoms with Gasteiger partial charge in [-0.1, -0.05) is 40.2 Å². The van der Waals surface area contributed by atoms with E-state index in [1.807, 2.05) is 36.4 Å². The Morgan fingerprint density at radius 2 is 2.00 bits per heavy atom. The van der Waals surface area contributed by atoms with Crippen molar-refractivity contribution in [2.24, 2.45) is 5.73 Å². The van der Waals surface area contributed by atoms with E-state index in [-0.39, 0.29) is 6.79 Å². The van der Waals surface area contributed by atoms with Gasteiger partial charge in [-0.05, 0) is 19.1 Å². The van der Waals surface area contributed by atoms with Gasteiger partial charge in [-0.3, -0.25) is 4.79 Å². The minimum absolute atomic E-state index is 0.142. The molecule has 0 bridgehead atoms. The van der Waals surface area contributed by atoms with Crippen molar-refractivity contribution in [2.45, 2.75) is 26.1 Å². The zero-order chi connectivity index (χ0) is 17.8. The van der Waals surface area contributed by atoms with Crippen LogP contribution in [0.5, 0.6) is 17.2 Å². The number of rotatable bonds is 7. The number of primary amides is 1. The van der Waals surface area contributed by atoms with E-state index >= 15 is 0 Å². The van der Waals surface area contributed by atoms with Crippen molar-refractivity contribution >= 4 is 21.8 Å². The van der Waals surface area contributed by atoms with E-state index in [1.54, 1.807) is 6.92 Å².